The lowest BCUT2D eigenvalue weighted by Crippen LogP contribution is -2.43. The van der Waals surface area contributed by atoms with Gasteiger partial charge < -0.3 is 20.3 Å². The number of benzene rings is 1. The Balaban J connectivity index is 1.73. The van der Waals surface area contributed by atoms with Crippen molar-refractivity contribution in [3.8, 4) is 0 Å². The molecule has 0 bridgehead atoms. The van der Waals surface area contributed by atoms with Crippen molar-refractivity contribution in [1.29, 1.82) is 0 Å². The summed E-state index contributed by atoms with van der Waals surface area (Å²) in [7, 11) is 5.73. The zero-order valence-corrected chi connectivity index (χ0v) is 16.3. The van der Waals surface area contributed by atoms with Gasteiger partial charge in [-0.15, -0.1) is 0 Å². The molecule has 5 nitrogen and oxygen atoms in total. The fourth-order valence-corrected chi connectivity index (χ4v) is 3.29. The van der Waals surface area contributed by atoms with E-state index in [9.17, 15) is 0 Å². The Labute approximate surface area is 152 Å². The summed E-state index contributed by atoms with van der Waals surface area (Å²) in [6.45, 7) is 6.91. The highest BCUT2D eigenvalue weighted by Gasteiger charge is 2.44. The zero-order chi connectivity index (χ0) is 18.1. The van der Waals surface area contributed by atoms with Crippen molar-refractivity contribution in [2.75, 3.05) is 54.0 Å². The monoisotopic (exact) mass is 346 g/mol. The molecule has 1 aliphatic rings. The van der Waals surface area contributed by atoms with Gasteiger partial charge >= 0.3 is 0 Å². The number of methoxy groups -OCH3 is 1. The molecule has 0 atom stereocenters. The van der Waals surface area contributed by atoms with E-state index in [1.807, 2.05) is 7.05 Å². The fraction of sp³-hybridized carbons (Fsp3) is 0.650. The first-order chi connectivity index (χ1) is 12.1. The van der Waals surface area contributed by atoms with E-state index in [4.69, 9.17) is 4.74 Å². The van der Waals surface area contributed by atoms with Crippen molar-refractivity contribution in [1.82, 2.24) is 15.5 Å². The molecular formula is C20H34N4O. The lowest BCUT2D eigenvalue weighted by molar-refractivity contribution is 0.180. The average Bonchev–Trinajstić information content (AvgIpc) is 3.39. The first kappa shape index (κ1) is 19.7. The Kier molecular flexibility index (Phi) is 7.72. The number of ether oxygens (including phenoxy) is 1. The molecular weight excluding hydrogens is 312 g/mol. The summed E-state index contributed by atoms with van der Waals surface area (Å²) in [6, 6.07) is 8.75. The number of hydrogen-bond donors (Lipinski definition) is 2. The van der Waals surface area contributed by atoms with Crippen molar-refractivity contribution in [2.24, 2.45) is 4.99 Å². The summed E-state index contributed by atoms with van der Waals surface area (Å²) in [5.41, 5.74) is 3.16. The largest absolute Gasteiger partial charge is 0.385 e. The zero-order valence-electron chi connectivity index (χ0n) is 16.3. The highest BCUT2D eigenvalue weighted by Crippen LogP contribution is 2.48. The molecule has 0 spiro atoms. The van der Waals surface area contributed by atoms with E-state index in [2.05, 4.69) is 58.8 Å². The lowest BCUT2D eigenvalue weighted by atomic mass is 9.92. The summed E-state index contributed by atoms with van der Waals surface area (Å²) < 4.78 is 5.10. The summed E-state index contributed by atoms with van der Waals surface area (Å²) in [6.07, 6.45) is 3.58. The fourth-order valence-electron chi connectivity index (χ4n) is 3.29. The van der Waals surface area contributed by atoms with Gasteiger partial charge in [0.1, 0.15) is 0 Å². The number of nitrogens with zero attached hydrogens (tertiary/aromatic N) is 2. The van der Waals surface area contributed by atoms with Crippen LogP contribution in [0.15, 0.2) is 29.3 Å². The maximum absolute atomic E-state index is 5.10. The molecule has 0 aromatic heterocycles. The normalized spacial score (nSPS) is 16.1. The van der Waals surface area contributed by atoms with Crippen LogP contribution in [0.4, 0.5) is 0 Å². The summed E-state index contributed by atoms with van der Waals surface area (Å²) in [4.78, 5) is 6.68. The molecule has 0 aliphatic heterocycles. The van der Waals surface area contributed by atoms with Crippen LogP contribution in [0, 0.1) is 6.92 Å². The summed E-state index contributed by atoms with van der Waals surface area (Å²) in [5.74, 6) is 0.894. The molecule has 0 radical (unpaired) electrons. The first-order valence-corrected chi connectivity index (χ1v) is 9.29. The third kappa shape index (κ3) is 6.01. The molecule has 25 heavy (non-hydrogen) atoms. The number of guanidine groups is 1. The minimum Gasteiger partial charge on any atom is -0.385 e. The molecule has 140 valence electrons. The third-order valence-electron chi connectivity index (χ3n) is 5.06. The van der Waals surface area contributed by atoms with Crippen LogP contribution >= 0.6 is 0 Å². The predicted octanol–water partition coefficient (Wildman–Crippen LogP) is 2.16. The van der Waals surface area contributed by atoms with Crippen LogP contribution in [0.5, 0.6) is 0 Å². The van der Waals surface area contributed by atoms with E-state index in [1.54, 1.807) is 7.11 Å². The highest BCUT2D eigenvalue weighted by atomic mass is 16.5. The standard InChI is InChI=1S/C20H34N4O/c1-17-8-5-6-9-18(17)20(10-11-20)16-23-19(21-2)22-12-14-24(3)13-7-15-25-4/h5-6,8-9H,7,10-16H2,1-4H3,(H2,21,22,23). The van der Waals surface area contributed by atoms with Gasteiger partial charge in [-0.3, -0.25) is 4.99 Å². The first-order valence-electron chi connectivity index (χ1n) is 9.29. The third-order valence-corrected chi connectivity index (χ3v) is 5.06. The van der Waals surface area contributed by atoms with Crippen LogP contribution < -0.4 is 10.6 Å². The minimum atomic E-state index is 0.292. The van der Waals surface area contributed by atoms with Gasteiger partial charge in [-0.05, 0) is 44.4 Å². The number of rotatable bonds is 10. The quantitative estimate of drug-likeness (QED) is 0.387. The van der Waals surface area contributed by atoms with E-state index in [0.29, 0.717) is 5.41 Å². The van der Waals surface area contributed by atoms with Gasteiger partial charge in [0, 0.05) is 52.4 Å². The maximum Gasteiger partial charge on any atom is 0.191 e. The second kappa shape index (κ2) is 9.78. The highest BCUT2D eigenvalue weighted by molar-refractivity contribution is 5.79. The van der Waals surface area contributed by atoms with Crippen molar-refractivity contribution >= 4 is 5.96 Å². The second-order valence-corrected chi connectivity index (χ2v) is 7.10. The van der Waals surface area contributed by atoms with Crippen LogP contribution in [0.2, 0.25) is 0 Å². The SMILES string of the molecule is CN=C(NCCN(C)CCCOC)NCC1(c2ccccc2C)CC1. The van der Waals surface area contributed by atoms with Crippen LogP contribution in [0.3, 0.4) is 0 Å². The van der Waals surface area contributed by atoms with E-state index in [1.165, 1.54) is 24.0 Å². The van der Waals surface area contributed by atoms with Crippen LogP contribution in [-0.2, 0) is 10.2 Å². The number of hydrogen-bond acceptors (Lipinski definition) is 3. The number of likely N-dealkylation sites (N-methyl/N-ethyl adjacent to an activating group) is 1. The van der Waals surface area contributed by atoms with Crippen LogP contribution in [0.25, 0.3) is 0 Å². The van der Waals surface area contributed by atoms with Gasteiger partial charge in [0.25, 0.3) is 0 Å². The molecule has 2 N–H and O–H groups in total. The van der Waals surface area contributed by atoms with E-state index in [0.717, 1.165) is 45.2 Å². The second-order valence-electron chi connectivity index (χ2n) is 7.10. The lowest BCUT2D eigenvalue weighted by Gasteiger charge is -2.22. The van der Waals surface area contributed by atoms with Crippen molar-refractivity contribution in [3.05, 3.63) is 35.4 Å². The Morgan fingerprint density at radius 1 is 1.24 bits per heavy atom. The summed E-state index contributed by atoms with van der Waals surface area (Å²) >= 11 is 0. The van der Waals surface area contributed by atoms with Gasteiger partial charge in [-0.25, -0.2) is 0 Å². The molecule has 1 saturated carbocycles. The van der Waals surface area contributed by atoms with E-state index < -0.39 is 0 Å². The smallest absolute Gasteiger partial charge is 0.191 e. The maximum atomic E-state index is 5.10. The molecule has 1 aromatic rings. The number of nitrogens with one attached hydrogen (secondary N) is 2. The molecule has 1 fully saturated rings. The molecule has 1 aromatic carbocycles. The Morgan fingerprint density at radius 2 is 2.00 bits per heavy atom. The molecule has 0 heterocycles. The molecule has 5 heteroatoms. The summed E-state index contributed by atoms with van der Waals surface area (Å²) in [5, 5.41) is 6.95. The molecule has 0 unspecified atom stereocenters. The molecule has 2 rings (SSSR count). The van der Waals surface area contributed by atoms with E-state index >= 15 is 0 Å². The average molecular weight is 347 g/mol. The van der Waals surface area contributed by atoms with Gasteiger partial charge in [-0.1, -0.05) is 24.3 Å². The Bertz CT molecular complexity index is 554. The topological polar surface area (TPSA) is 48.9 Å². The Hall–Kier alpha value is -1.59. The molecule has 1 aliphatic carbocycles. The van der Waals surface area contributed by atoms with Crippen LogP contribution in [0.1, 0.15) is 30.4 Å². The van der Waals surface area contributed by atoms with Crippen molar-refractivity contribution < 1.29 is 4.74 Å². The molecule has 0 amide bonds. The molecule has 0 saturated heterocycles. The minimum absolute atomic E-state index is 0.292. The van der Waals surface area contributed by atoms with E-state index in [-0.39, 0.29) is 0 Å². The van der Waals surface area contributed by atoms with Crippen molar-refractivity contribution in [3.63, 3.8) is 0 Å². The van der Waals surface area contributed by atoms with Crippen LogP contribution in [-0.4, -0.2) is 64.9 Å². The van der Waals surface area contributed by atoms with Gasteiger partial charge in [0.2, 0.25) is 0 Å². The predicted molar refractivity (Wildman–Crippen MR) is 105 cm³/mol. The van der Waals surface area contributed by atoms with Gasteiger partial charge in [0.15, 0.2) is 5.96 Å². The van der Waals surface area contributed by atoms with Crippen molar-refractivity contribution in [2.45, 2.75) is 31.6 Å². The number of aliphatic imine (C=N–C) groups is 1. The van der Waals surface area contributed by atoms with Gasteiger partial charge in [-0.2, -0.15) is 0 Å². The Morgan fingerprint density at radius 3 is 2.64 bits per heavy atom. The van der Waals surface area contributed by atoms with Gasteiger partial charge in [0.05, 0.1) is 0 Å². The number of aryl methyl sites for hydroxylation is 1.